The van der Waals surface area contributed by atoms with Gasteiger partial charge in [0.15, 0.2) is 5.78 Å². The molecule has 3 heteroatoms. The molecule has 3 nitrogen and oxygen atoms in total. The van der Waals surface area contributed by atoms with E-state index in [1.54, 1.807) is 24.3 Å². The molecule has 0 saturated carbocycles. The van der Waals surface area contributed by atoms with Crippen LogP contribution in [-0.4, -0.2) is 18.9 Å². The summed E-state index contributed by atoms with van der Waals surface area (Å²) in [6.45, 7) is 2.11. The predicted octanol–water partition coefficient (Wildman–Crippen LogP) is 3.94. The van der Waals surface area contributed by atoms with E-state index in [4.69, 9.17) is 0 Å². The molecule has 1 aliphatic carbocycles. The Morgan fingerprint density at radius 1 is 1.05 bits per heavy atom. The van der Waals surface area contributed by atoms with E-state index < -0.39 is 0 Å². The summed E-state index contributed by atoms with van der Waals surface area (Å²) in [5.41, 5.74) is 3.39. The SMILES string of the molecule is CCC1=C(C(=O)c2ccc(C(=O)OC)cc2)CCCC1. The average molecular weight is 272 g/mol. The van der Waals surface area contributed by atoms with Gasteiger partial charge in [-0.1, -0.05) is 24.6 Å². The summed E-state index contributed by atoms with van der Waals surface area (Å²) >= 11 is 0. The van der Waals surface area contributed by atoms with Crippen molar-refractivity contribution in [1.82, 2.24) is 0 Å². The lowest BCUT2D eigenvalue weighted by Gasteiger charge is -2.18. The van der Waals surface area contributed by atoms with Gasteiger partial charge >= 0.3 is 5.97 Å². The summed E-state index contributed by atoms with van der Waals surface area (Å²) in [6.07, 6.45) is 5.13. The van der Waals surface area contributed by atoms with E-state index in [1.807, 2.05) is 0 Å². The molecule has 0 N–H and O–H groups in total. The molecular weight excluding hydrogens is 252 g/mol. The Kier molecular flexibility index (Phi) is 4.72. The molecule has 106 valence electrons. The van der Waals surface area contributed by atoms with Crippen molar-refractivity contribution in [3.63, 3.8) is 0 Å². The predicted molar refractivity (Wildman–Crippen MR) is 77.9 cm³/mol. The van der Waals surface area contributed by atoms with Crippen LogP contribution in [0.4, 0.5) is 0 Å². The maximum absolute atomic E-state index is 12.5. The minimum atomic E-state index is -0.380. The van der Waals surface area contributed by atoms with Gasteiger partial charge in [-0.3, -0.25) is 4.79 Å². The van der Waals surface area contributed by atoms with E-state index in [0.717, 1.165) is 31.3 Å². The van der Waals surface area contributed by atoms with Crippen LogP contribution < -0.4 is 0 Å². The molecule has 0 atom stereocenters. The smallest absolute Gasteiger partial charge is 0.337 e. The fourth-order valence-corrected chi connectivity index (χ4v) is 2.68. The van der Waals surface area contributed by atoms with Gasteiger partial charge in [-0.05, 0) is 49.8 Å². The van der Waals surface area contributed by atoms with Crippen LogP contribution in [0, 0.1) is 0 Å². The number of Topliss-reactive ketones (excluding diaryl/α,β-unsaturated/α-hetero) is 1. The normalized spacial score (nSPS) is 15.1. The Hall–Kier alpha value is -1.90. The van der Waals surface area contributed by atoms with Crippen LogP contribution in [0.3, 0.4) is 0 Å². The second-order valence-corrected chi connectivity index (χ2v) is 5.04. The van der Waals surface area contributed by atoms with Crippen molar-refractivity contribution in [2.45, 2.75) is 39.0 Å². The summed E-state index contributed by atoms with van der Waals surface area (Å²) in [6, 6.07) is 6.72. The second-order valence-electron chi connectivity index (χ2n) is 5.04. The zero-order valence-corrected chi connectivity index (χ0v) is 12.1. The molecule has 0 heterocycles. The maximum Gasteiger partial charge on any atom is 0.337 e. The quantitative estimate of drug-likeness (QED) is 0.616. The van der Waals surface area contributed by atoms with E-state index in [0.29, 0.717) is 11.1 Å². The number of carbonyl (C=O) groups is 2. The fourth-order valence-electron chi connectivity index (χ4n) is 2.68. The monoisotopic (exact) mass is 272 g/mol. The first-order valence-electron chi connectivity index (χ1n) is 7.11. The lowest BCUT2D eigenvalue weighted by Crippen LogP contribution is -2.11. The Morgan fingerprint density at radius 2 is 1.65 bits per heavy atom. The van der Waals surface area contributed by atoms with E-state index in [1.165, 1.54) is 19.1 Å². The third-order valence-corrected chi connectivity index (χ3v) is 3.85. The van der Waals surface area contributed by atoms with Gasteiger partial charge in [0.2, 0.25) is 0 Å². The van der Waals surface area contributed by atoms with Gasteiger partial charge in [0.1, 0.15) is 0 Å². The molecule has 0 saturated heterocycles. The molecule has 1 aromatic carbocycles. The number of ether oxygens (including phenoxy) is 1. The van der Waals surface area contributed by atoms with Crippen molar-refractivity contribution in [2.24, 2.45) is 0 Å². The molecule has 20 heavy (non-hydrogen) atoms. The summed E-state index contributed by atoms with van der Waals surface area (Å²) in [7, 11) is 1.35. The van der Waals surface area contributed by atoms with Gasteiger partial charge in [-0.2, -0.15) is 0 Å². The van der Waals surface area contributed by atoms with Crippen molar-refractivity contribution >= 4 is 11.8 Å². The van der Waals surface area contributed by atoms with Crippen LogP contribution in [0.25, 0.3) is 0 Å². The van der Waals surface area contributed by atoms with Crippen molar-refractivity contribution < 1.29 is 14.3 Å². The van der Waals surface area contributed by atoms with Crippen molar-refractivity contribution in [3.05, 3.63) is 46.5 Å². The Bertz CT molecular complexity index is 538. The van der Waals surface area contributed by atoms with Crippen LogP contribution in [0.15, 0.2) is 35.4 Å². The summed E-state index contributed by atoms with van der Waals surface area (Å²) in [5.74, 6) is -0.270. The van der Waals surface area contributed by atoms with Gasteiger partial charge in [0.05, 0.1) is 12.7 Å². The molecule has 0 fully saturated rings. The number of benzene rings is 1. The first kappa shape index (κ1) is 14.5. The molecule has 0 spiro atoms. The zero-order valence-electron chi connectivity index (χ0n) is 12.1. The third kappa shape index (κ3) is 2.98. The first-order valence-corrected chi connectivity index (χ1v) is 7.11. The van der Waals surface area contributed by atoms with Crippen LogP contribution in [0.1, 0.15) is 59.7 Å². The van der Waals surface area contributed by atoms with E-state index in [2.05, 4.69) is 11.7 Å². The highest BCUT2D eigenvalue weighted by atomic mass is 16.5. The van der Waals surface area contributed by atoms with E-state index >= 15 is 0 Å². The minimum absolute atomic E-state index is 0.109. The lowest BCUT2D eigenvalue weighted by molar-refractivity contribution is 0.0600. The number of carbonyl (C=O) groups excluding carboxylic acids is 2. The molecule has 0 aromatic heterocycles. The summed E-state index contributed by atoms with van der Waals surface area (Å²) in [4.78, 5) is 23.9. The topological polar surface area (TPSA) is 43.4 Å². The molecule has 0 unspecified atom stereocenters. The molecule has 1 aromatic rings. The number of ketones is 1. The highest BCUT2D eigenvalue weighted by Crippen LogP contribution is 2.29. The van der Waals surface area contributed by atoms with Gasteiger partial charge in [-0.15, -0.1) is 0 Å². The molecule has 0 amide bonds. The minimum Gasteiger partial charge on any atom is -0.465 e. The highest BCUT2D eigenvalue weighted by Gasteiger charge is 2.19. The Balaban J connectivity index is 2.25. The van der Waals surface area contributed by atoms with Crippen molar-refractivity contribution in [3.8, 4) is 0 Å². The Morgan fingerprint density at radius 3 is 2.25 bits per heavy atom. The van der Waals surface area contributed by atoms with Crippen molar-refractivity contribution in [1.29, 1.82) is 0 Å². The fraction of sp³-hybridized carbons (Fsp3) is 0.412. The number of hydrogen-bond acceptors (Lipinski definition) is 3. The number of hydrogen-bond donors (Lipinski definition) is 0. The number of rotatable bonds is 4. The summed E-state index contributed by atoms with van der Waals surface area (Å²) < 4.78 is 4.65. The molecule has 0 bridgehead atoms. The number of esters is 1. The number of allylic oxidation sites excluding steroid dienone is 2. The largest absolute Gasteiger partial charge is 0.465 e. The van der Waals surface area contributed by atoms with Crippen molar-refractivity contribution in [2.75, 3.05) is 7.11 Å². The van der Waals surface area contributed by atoms with Gasteiger partial charge in [0, 0.05) is 5.56 Å². The number of methoxy groups -OCH3 is 1. The molecule has 1 aliphatic rings. The third-order valence-electron chi connectivity index (χ3n) is 3.85. The molecule has 0 radical (unpaired) electrons. The van der Waals surface area contributed by atoms with Crippen LogP contribution in [0.2, 0.25) is 0 Å². The van der Waals surface area contributed by atoms with Gasteiger partial charge < -0.3 is 4.74 Å². The van der Waals surface area contributed by atoms with Gasteiger partial charge in [-0.25, -0.2) is 4.79 Å². The first-order chi connectivity index (χ1) is 9.67. The maximum atomic E-state index is 12.5. The zero-order chi connectivity index (χ0) is 14.5. The summed E-state index contributed by atoms with van der Waals surface area (Å²) in [5, 5.41) is 0. The van der Waals surface area contributed by atoms with Gasteiger partial charge in [0.25, 0.3) is 0 Å². The Labute approximate surface area is 119 Å². The van der Waals surface area contributed by atoms with Crippen LogP contribution >= 0.6 is 0 Å². The highest BCUT2D eigenvalue weighted by molar-refractivity contribution is 6.09. The molecule has 0 aliphatic heterocycles. The van der Waals surface area contributed by atoms with E-state index in [-0.39, 0.29) is 11.8 Å². The molecular formula is C17H20O3. The second kappa shape index (κ2) is 6.51. The average Bonchev–Trinajstić information content (AvgIpc) is 2.53. The molecule has 2 rings (SSSR count). The van der Waals surface area contributed by atoms with Crippen LogP contribution in [0.5, 0.6) is 0 Å². The van der Waals surface area contributed by atoms with Crippen LogP contribution in [-0.2, 0) is 4.74 Å². The standard InChI is InChI=1S/C17H20O3/c1-3-12-6-4-5-7-15(12)16(18)13-8-10-14(11-9-13)17(19)20-2/h8-11H,3-7H2,1-2H3. The lowest BCUT2D eigenvalue weighted by atomic mass is 9.86. The van der Waals surface area contributed by atoms with E-state index in [9.17, 15) is 9.59 Å².